The zero-order valence-electron chi connectivity index (χ0n) is 17.9. The van der Waals surface area contributed by atoms with E-state index in [0.29, 0.717) is 0 Å². The van der Waals surface area contributed by atoms with E-state index in [1.165, 1.54) is 42.6 Å². The van der Waals surface area contributed by atoms with Gasteiger partial charge in [-0.05, 0) is 81.8 Å². The highest BCUT2D eigenvalue weighted by atomic mass is 16.5. The van der Waals surface area contributed by atoms with Crippen molar-refractivity contribution in [2.24, 2.45) is 0 Å². The van der Waals surface area contributed by atoms with Crippen LogP contribution in [-0.2, 0) is 12.8 Å². The van der Waals surface area contributed by atoms with Gasteiger partial charge >= 0.3 is 0 Å². The van der Waals surface area contributed by atoms with Gasteiger partial charge in [-0.3, -0.25) is 5.32 Å². The second-order valence-corrected chi connectivity index (χ2v) is 8.32. The molecule has 0 bridgehead atoms. The molecule has 1 aliphatic rings. The van der Waals surface area contributed by atoms with Gasteiger partial charge in [0.05, 0.1) is 7.11 Å². The van der Waals surface area contributed by atoms with E-state index >= 15 is 0 Å². The molecule has 1 fully saturated rings. The largest absolute Gasteiger partial charge is 0.497 e. The fourth-order valence-corrected chi connectivity index (χ4v) is 4.11. The molecule has 1 heterocycles. The van der Waals surface area contributed by atoms with Crippen LogP contribution < -0.4 is 10.1 Å². The van der Waals surface area contributed by atoms with Gasteiger partial charge in [-0.2, -0.15) is 0 Å². The number of benzene rings is 2. The lowest BCUT2D eigenvalue weighted by molar-refractivity contribution is 0.102. The Balaban J connectivity index is 1.50. The van der Waals surface area contributed by atoms with E-state index in [9.17, 15) is 5.11 Å². The fourth-order valence-electron chi connectivity index (χ4n) is 4.11. The molecule has 2 N–H and O–H groups in total. The van der Waals surface area contributed by atoms with Crippen molar-refractivity contribution in [3.05, 3.63) is 65.2 Å². The summed E-state index contributed by atoms with van der Waals surface area (Å²) in [7, 11) is 1.69. The number of methoxy groups -OCH3 is 1. The van der Waals surface area contributed by atoms with Crippen LogP contribution in [0.25, 0.3) is 0 Å². The second kappa shape index (κ2) is 11.3. The SMILES string of the molecule is COc1ccc(CC(CN2CCCC2)NC(O)CCCc2ccc(C)cc2)cc1. The van der Waals surface area contributed by atoms with Gasteiger partial charge in [0.25, 0.3) is 0 Å². The van der Waals surface area contributed by atoms with E-state index in [2.05, 4.69) is 53.5 Å². The smallest absolute Gasteiger partial charge is 0.118 e. The predicted octanol–water partition coefficient (Wildman–Crippen LogP) is 3.94. The topological polar surface area (TPSA) is 44.7 Å². The third kappa shape index (κ3) is 7.46. The molecule has 3 rings (SSSR count). The van der Waals surface area contributed by atoms with Crippen molar-refractivity contribution in [3.8, 4) is 5.75 Å². The monoisotopic (exact) mass is 396 g/mol. The maximum Gasteiger partial charge on any atom is 0.118 e. The van der Waals surface area contributed by atoms with Gasteiger partial charge in [0, 0.05) is 12.6 Å². The molecule has 0 aromatic heterocycles. The molecule has 4 nitrogen and oxygen atoms in total. The van der Waals surface area contributed by atoms with E-state index in [4.69, 9.17) is 4.74 Å². The molecule has 2 unspecified atom stereocenters. The summed E-state index contributed by atoms with van der Waals surface area (Å²) in [5, 5.41) is 14.1. The number of aliphatic hydroxyl groups is 1. The summed E-state index contributed by atoms with van der Waals surface area (Å²) in [6, 6.07) is 17.2. The molecule has 2 atom stereocenters. The first-order valence-corrected chi connectivity index (χ1v) is 11.0. The van der Waals surface area contributed by atoms with Crippen molar-refractivity contribution < 1.29 is 9.84 Å². The summed E-state index contributed by atoms with van der Waals surface area (Å²) in [6.45, 7) is 5.44. The number of aryl methyl sites for hydroxylation is 2. The van der Waals surface area contributed by atoms with Gasteiger partial charge in [-0.25, -0.2) is 0 Å². The maximum atomic E-state index is 10.6. The molecule has 0 radical (unpaired) electrons. The lowest BCUT2D eigenvalue weighted by atomic mass is 10.0. The van der Waals surface area contributed by atoms with E-state index in [1.807, 2.05) is 12.1 Å². The Kier molecular flexibility index (Phi) is 8.53. The highest BCUT2D eigenvalue weighted by Crippen LogP contribution is 2.15. The lowest BCUT2D eigenvalue weighted by Crippen LogP contribution is -2.46. The van der Waals surface area contributed by atoms with Crippen molar-refractivity contribution in [2.45, 2.75) is 57.7 Å². The summed E-state index contributed by atoms with van der Waals surface area (Å²) in [6.07, 6.45) is 5.78. The van der Waals surface area contributed by atoms with E-state index in [-0.39, 0.29) is 6.04 Å². The number of ether oxygens (including phenoxy) is 1. The molecule has 4 heteroatoms. The van der Waals surface area contributed by atoms with Gasteiger partial charge in [0.15, 0.2) is 0 Å². The summed E-state index contributed by atoms with van der Waals surface area (Å²) < 4.78 is 5.27. The molecule has 0 saturated carbocycles. The van der Waals surface area contributed by atoms with Crippen molar-refractivity contribution in [2.75, 3.05) is 26.7 Å². The molecular weight excluding hydrogens is 360 g/mol. The van der Waals surface area contributed by atoms with Crippen molar-refractivity contribution in [1.29, 1.82) is 0 Å². The van der Waals surface area contributed by atoms with Crippen LogP contribution in [0.2, 0.25) is 0 Å². The van der Waals surface area contributed by atoms with Gasteiger partial charge in [-0.15, -0.1) is 0 Å². The number of rotatable bonds is 11. The molecule has 1 saturated heterocycles. The molecule has 0 spiro atoms. The summed E-state index contributed by atoms with van der Waals surface area (Å²) in [5.74, 6) is 0.883. The summed E-state index contributed by atoms with van der Waals surface area (Å²) >= 11 is 0. The fraction of sp³-hybridized carbons (Fsp3) is 0.520. The van der Waals surface area contributed by atoms with Gasteiger partial charge < -0.3 is 14.7 Å². The zero-order valence-corrected chi connectivity index (χ0v) is 17.9. The van der Waals surface area contributed by atoms with Crippen molar-refractivity contribution in [3.63, 3.8) is 0 Å². The van der Waals surface area contributed by atoms with Crippen LogP contribution in [-0.4, -0.2) is 49.0 Å². The number of nitrogens with one attached hydrogen (secondary N) is 1. The number of hydrogen-bond donors (Lipinski definition) is 2. The van der Waals surface area contributed by atoms with Crippen LogP contribution in [0.4, 0.5) is 0 Å². The second-order valence-electron chi connectivity index (χ2n) is 8.32. The van der Waals surface area contributed by atoms with Crippen LogP contribution in [0.1, 0.15) is 42.4 Å². The molecule has 1 aliphatic heterocycles. The number of likely N-dealkylation sites (tertiary alicyclic amines) is 1. The van der Waals surface area contributed by atoms with Crippen LogP contribution in [0.15, 0.2) is 48.5 Å². The van der Waals surface area contributed by atoms with Gasteiger partial charge in [0.2, 0.25) is 0 Å². The number of hydrogen-bond acceptors (Lipinski definition) is 4. The normalized spacial score (nSPS) is 16.7. The Bertz CT molecular complexity index is 709. The first-order chi connectivity index (χ1) is 14.1. The Hall–Kier alpha value is -1.88. The minimum Gasteiger partial charge on any atom is -0.497 e. The van der Waals surface area contributed by atoms with Crippen LogP contribution in [0.3, 0.4) is 0 Å². The average molecular weight is 397 g/mol. The lowest BCUT2D eigenvalue weighted by Gasteiger charge is -2.27. The van der Waals surface area contributed by atoms with Crippen LogP contribution in [0.5, 0.6) is 5.75 Å². The molecule has 2 aromatic carbocycles. The summed E-state index contributed by atoms with van der Waals surface area (Å²) in [5.41, 5.74) is 3.91. The Morgan fingerprint density at radius 2 is 1.66 bits per heavy atom. The average Bonchev–Trinajstić information content (AvgIpc) is 3.23. The molecule has 2 aromatic rings. The zero-order chi connectivity index (χ0) is 20.5. The first kappa shape index (κ1) is 21.8. The molecule has 0 amide bonds. The molecule has 0 aliphatic carbocycles. The highest BCUT2D eigenvalue weighted by Gasteiger charge is 2.20. The number of aliphatic hydroxyl groups excluding tert-OH is 1. The van der Waals surface area contributed by atoms with E-state index < -0.39 is 6.23 Å². The maximum absolute atomic E-state index is 10.6. The minimum absolute atomic E-state index is 0.246. The first-order valence-electron chi connectivity index (χ1n) is 11.0. The van der Waals surface area contributed by atoms with Crippen molar-refractivity contribution >= 4 is 0 Å². The molecule has 158 valence electrons. The third-order valence-corrected chi connectivity index (χ3v) is 5.81. The van der Waals surface area contributed by atoms with Crippen molar-refractivity contribution in [1.82, 2.24) is 10.2 Å². The number of nitrogens with zero attached hydrogens (tertiary/aromatic N) is 1. The quantitative estimate of drug-likeness (QED) is 0.565. The highest BCUT2D eigenvalue weighted by molar-refractivity contribution is 5.27. The van der Waals surface area contributed by atoms with Crippen LogP contribution in [0, 0.1) is 6.92 Å². The van der Waals surface area contributed by atoms with Crippen LogP contribution >= 0.6 is 0 Å². The molecule has 29 heavy (non-hydrogen) atoms. The van der Waals surface area contributed by atoms with Gasteiger partial charge in [0.1, 0.15) is 12.0 Å². The Labute approximate surface area is 175 Å². The van der Waals surface area contributed by atoms with E-state index in [0.717, 1.165) is 38.0 Å². The third-order valence-electron chi connectivity index (χ3n) is 5.81. The van der Waals surface area contributed by atoms with Gasteiger partial charge in [-0.1, -0.05) is 42.0 Å². The summed E-state index contributed by atoms with van der Waals surface area (Å²) in [4.78, 5) is 2.51. The Morgan fingerprint density at radius 3 is 2.31 bits per heavy atom. The van der Waals surface area contributed by atoms with E-state index in [1.54, 1.807) is 7.11 Å². The Morgan fingerprint density at radius 1 is 1.00 bits per heavy atom. The molecular formula is C25H36N2O2. The minimum atomic E-state index is -0.466. The standard InChI is InChI=1S/C25H36N2O2/c1-20-8-10-21(11-9-20)6-5-7-25(28)26-23(19-27-16-3-4-17-27)18-22-12-14-24(29-2)15-13-22/h8-15,23,25-26,28H,3-7,16-19H2,1-2H3. The predicted molar refractivity (Wildman–Crippen MR) is 119 cm³/mol.